The molecule has 0 aromatic carbocycles. The van der Waals surface area contributed by atoms with Gasteiger partial charge in [-0.15, -0.1) is 0 Å². The fraction of sp³-hybridized carbons (Fsp3) is 0.846. The average Bonchev–Trinajstić information content (AvgIpc) is 2.54. The van der Waals surface area contributed by atoms with E-state index in [1.165, 1.54) is 0 Å². The summed E-state index contributed by atoms with van der Waals surface area (Å²) in [4.78, 5) is 23.4. The predicted molar refractivity (Wildman–Crippen MR) is 61.2 cm³/mol. The third kappa shape index (κ3) is 2.17. The normalized spacial score (nSPS) is 37.5. The summed E-state index contributed by atoms with van der Waals surface area (Å²) in [5.41, 5.74) is -0.343. The minimum Gasteiger partial charge on any atom is -0.458 e. The first-order chi connectivity index (χ1) is 7.96. The van der Waals surface area contributed by atoms with Crippen LogP contribution in [0, 0.1) is 11.3 Å². The van der Waals surface area contributed by atoms with Gasteiger partial charge in [-0.25, -0.2) is 0 Å². The molecule has 2 fully saturated rings. The van der Waals surface area contributed by atoms with Crippen LogP contribution in [0.5, 0.6) is 0 Å². The highest BCUT2D eigenvalue weighted by Crippen LogP contribution is 2.45. The third-order valence-electron chi connectivity index (χ3n) is 4.08. The van der Waals surface area contributed by atoms with Gasteiger partial charge in [0.05, 0.1) is 11.3 Å². The fourth-order valence-corrected chi connectivity index (χ4v) is 2.47. The third-order valence-corrected chi connectivity index (χ3v) is 4.08. The first-order valence-electron chi connectivity index (χ1n) is 6.38. The lowest BCUT2D eigenvalue weighted by Gasteiger charge is -2.30. The molecule has 1 heterocycles. The Labute approximate surface area is 102 Å². The molecule has 2 bridgehead atoms. The van der Waals surface area contributed by atoms with Gasteiger partial charge in [-0.3, -0.25) is 9.59 Å². The molecule has 1 aliphatic carbocycles. The molecule has 1 saturated heterocycles. The Kier molecular flexibility index (Phi) is 3.15. The van der Waals surface area contributed by atoms with Gasteiger partial charge in [0.25, 0.3) is 0 Å². The number of ether oxygens (including phenoxy) is 2. The number of hydrogen-bond donors (Lipinski definition) is 0. The molecular formula is C13H20O4. The average molecular weight is 240 g/mol. The van der Waals surface area contributed by atoms with E-state index in [0.29, 0.717) is 6.42 Å². The van der Waals surface area contributed by atoms with E-state index in [-0.39, 0.29) is 35.5 Å². The minimum absolute atomic E-state index is 0.0829. The lowest BCUT2D eigenvalue weighted by atomic mass is 9.76. The molecular weight excluding hydrogens is 220 g/mol. The van der Waals surface area contributed by atoms with Gasteiger partial charge in [0.15, 0.2) is 0 Å². The molecule has 0 amide bonds. The minimum atomic E-state index is -0.343. The summed E-state index contributed by atoms with van der Waals surface area (Å²) < 4.78 is 10.8. The van der Waals surface area contributed by atoms with Crippen molar-refractivity contribution in [2.24, 2.45) is 11.3 Å². The van der Waals surface area contributed by atoms with Gasteiger partial charge in [-0.1, -0.05) is 13.8 Å². The number of esters is 2. The molecule has 0 N–H and O–H groups in total. The van der Waals surface area contributed by atoms with Crippen LogP contribution in [0.2, 0.25) is 0 Å². The fourth-order valence-electron chi connectivity index (χ4n) is 2.47. The Morgan fingerprint density at radius 3 is 3.00 bits per heavy atom. The zero-order chi connectivity index (χ0) is 12.6. The number of hydrogen-bond acceptors (Lipinski definition) is 4. The summed E-state index contributed by atoms with van der Waals surface area (Å²) >= 11 is 0. The number of fused-ring (bicyclic) bond motifs is 2. The molecule has 17 heavy (non-hydrogen) atoms. The summed E-state index contributed by atoms with van der Waals surface area (Å²) in [6, 6.07) is 0. The van der Waals surface area contributed by atoms with Gasteiger partial charge in [-0.2, -0.15) is 0 Å². The van der Waals surface area contributed by atoms with E-state index in [2.05, 4.69) is 0 Å². The standard InChI is InChI=1S/C13H20O4/c1-4-8(2)11(14)16-9-5-6-13(3)7-10(9)17-12(13)15/h8-10H,4-7H2,1-3H3. The second-order valence-corrected chi connectivity index (χ2v) is 5.53. The van der Waals surface area contributed by atoms with Crippen LogP contribution in [-0.2, 0) is 19.1 Å². The predicted octanol–water partition coefficient (Wildman–Crippen LogP) is 2.06. The van der Waals surface area contributed by atoms with Gasteiger partial charge in [-0.05, 0) is 26.2 Å². The monoisotopic (exact) mass is 240 g/mol. The summed E-state index contributed by atoms with van der Waals surface area (Å²) in [7, 11) is 0. The van der Waals surface area contributed by atoms with Crippen LogP contribution in [-0.4, -0.2) is 24.1 Å². The molecule has 1 saturated carbocycles. The van der Waals surface area contributed by atoms with Crippen molar-refractivity contribution in [3.8, 4) is 0 Å². The van der Waals surface area contributed by atoms with Crippen LogP contribution < -0.4 is 0 Å². The zero-order valence-corrected chi connectivity index (χ0v) is 10.7. The van der Waals surface area contributed by atoms with Crippen molar-refractivity contribution in [3.05, 3.63) is 0 Å². The summed E-state index contributed by atoms with van der Waals surface area (Å²) in [5, 5.41) is 0. The van der Waals surface area contributed by atoms with Crippen LogP contribution in [0.15, 0.2) is 0 Å². The highest BCUT2D eigenvalue weighted by Gasteiger charge is 2.52. The largest absolute Gasteiger partial charge is 0.458 e. The summed E-state index contributed by atoms with van der Waals surface area (Å²) in [6.07, 6.45) is 2.47. The van der Waals surface area contributed by atoms with Crippen LogP contribution in [0.25, 0.3) is 0 Å². The topological polar surface area (TPSA) is 52.6 Å². The van der Waals surface area contributed by atoms with E-state index in [9.17, 15) is 9.59 Å². The highest BCUT2D eigenvalue weighted by atomic mass is 16.6. The Hall–Kier alpha value is -1.06. The molecule has 4 nitrogen and oxygen atoms in total. The van der Waals surface area contributed by atoms with Crippen LogP contribution in [0.1, 0.15) is 46.5 Å². The van der Waals surface area contributed by atoms with Crippen LogP contribution >= 0.6 is 0 Å². The molecule has 4 atom stereocenters. The first kappa shape index (κ1) is 12.4. The van der Waals surface area contributed by atoms with Gasteiger partial charge in [0.2, 0.25) is 0 Å². The summed E-state index contributed by atoms with van der Waals surface area (Å²) in [6.45, 7) is 5.75. The Morgan fingerprint density at radius 1 is 1.65 bits per heavy atom. The molecule has 4 unspecified atom stereocenters. The SMILES string of the molecule is CCC(C)C(=O)OC1CCC2(C)CC1OC2=O. The van der Waals surface area contributed by atoms with E-state index in [1.807, 2.05) is 20.8 Å². The maximum atomic E-state index is 11.7. The molecule has 4 heteroatoms. The maximum absolute atomic E-state index is 11.7. The lowest BCUT2D eigenvalue weighted by Crippen LogP contribution is -2.37. The number of carbonyl (C=O) groups excluding carboxylic acids is 2. The van der Waals surface area contributed by atoms with Gasteiger partial charge >= 0.3 is 11.9 Å². The zero-order valence-electron chi connectivity index (χ0n) is 10.7. The Morgan fingerprint density at radius 2 is 2.35 bits per heavy atom. The molecule has 2 rings (SSSR count). The molecule has 1 aliphatic heterocycles. The Balaban J connectivity index is 1.97. The first-order valence-corrected chi connectivity index (χ1v) is 6.38. The van der Waals surface area contributed by atoms with Crippen LogP contribution in [0.4, 0.5) is 0 Å². The molecule has 0 aromatic heterocycles. The van der Waals surface area contributed by atoms with Crippen LogP contribution in [0.3, 0.4) is 0 Å². The van der Waals surface area contributed by atoms with Gasteiger partial charge in [0, 0.05) is 6.42 Å². The molecule has 96 valence electrons. The summed E-state index contributed by atoms with van der Waals surface area (Å²) in [5.74, 6) is -0.394. The highest BCUT2D eigenvalue weighted by molar-refractivity contribution is 5.79. The van der Waals surface area contributed by atoms with E-state index in [1.54, 1.807) is 0 Å². The van der Waals surface area contributed by atoms with Crippen molar-refractivity contribution < 1.29 is 19.1 Å². The maximum Gasteiger partial charge on any atom is 0.312 e. The van der Waals surface area contributed by atoms with Crippen molar-refractivity contribution in [1.29, 1.82) is 0 Å². The molecule has 0 radical (unpaired) electrons. The lowest BCUT2D eigenvalue weighted by molar-refractivity contribution is -0.164. The van der Waals surface area contributed by atoms with E-state index in [0.717, 1.165) is 19.3 Å². The van der Waals surface area contributed by atoms with E-state index < -0.39 is 0 Å². The van der Waals surface area contributed by atoms with Gasteiger partial charge < -0.3 is 9.47 Å². The molecule has 0 spiro atoms. The second kappa shape index (κ2) is 4.31. The number of rotatable bonds is 3. The van der Waals surface area contributed by atoms with E-state index >= 15 is 0 Å². The molecule has 2 aliphatic rings. The van der Waals surface area contributed by atoms with Crippen molar-refractivity contribution in [3.63, 3.8) is 0 Å². The van der Waals surface area contributed by atoms with Crippen molar-refractivity contribution in [2.75, 3.05) is 0 Å². The van der Waals surface area contributed by atoms with Crippen molar-refractivity contribution in [2.45, 2.75) is 58.7 Å². The second-order valence-electron chi connectivity index (χ2n) is 5.53. The molecule has 0 aromatic rings. The Bertz CT molecular complexity index is 338. The van der Waals surface area contributed by atoms with Crippen molar-refractivity contribution >= 4 is 11.9 Å². The smallest absolute Gasteiger partial charge is 0.312 e. The number of carbonyl (C=O) groups is 2. The van der Waals surface area contributed by atoms with Crippen molar-refractivity contribution in [1.82, 2.24) is 0 Å². The van der Waals surface area contributed by atoms with Gasteiger partial charge in [0.1, 0.15) is 12.2 Å². The quantitative estimate of drug-likeness (QED) is 0.708. The van der Waals surface area contributed by atoms with E-state index in [4.69, 9.17) is 9.47 Å².